The van der Waals surface area contributed by atoms with E-state index >= 15 is 0 Å². The Morgan fingerprint density at radius 3 is 2.12 bits per heavy atom. The second-order valence-electron chi connectivity index (χ2n) is 3.10. The van der Waals surface area contributed by atoms with E-state index in [0.717, 1.165) is 0 Å². The Labute approximate surface area is 90.3 Å². The molecule has 0 spiro atoms. The van der Waals surface area contributed by atoms with Crippen LogP contribution in [0, 0.1) is 0 Å². The summed E-state index contributed by atoms with van der Waals surface area (Å²) in [5.74, 6) is -1.91. The third-order valence-electron chi connectivity index (χ3n) is 1.54. The van der Waals surface area contributed by atoms with Gasteiger partial charge >= 0.3 is 6.18 Å². The molecule has 0 aliphatic heterocycles. The van der Waals surface area contributed by atoms with Gasteiger partial charge in [-0.05, 0) is 24.3 Å². The summed E-state index contributed by atoms with van der Waals surface area (Å²) in [4.78, 5) is 0. The van der Waals surface area contributed by atoms with Gasteiger partial charge in [0.1, 0.15) is 0 Å². The zero-order valence-corrected chi connectivity index (χ0v) is 8.77. The fourth-order valence-corrected chi connectivity index (χ4v) is 1.98. The lowest BCUT2D eigenvalue weighted by Crippen LogP contribution is -2.27. The van der Waals surface area contributed by atoms with E-state index in [2.05, 4.69) is 0 Å². The highest BCUT2D eigenvalue weighted by atomic mass is 32.2. The van der Waals surface area contributed by atoms with E-state index in [1.807, 2.05) is 0 Å². The Balaban J connectivity index is 2.77. The Morgan fingerprint density at radius 1 is 1.19 bits per heavy atom. The van der Waals surface area contributed by atoms with Gasteiger partial charge in [0, 0.05) is 11.4 Å². The van der Waals surface area contributed by atoms with E-state index in [1.54, 1.807) is 4.72 Å². The summed E-state index contributed by atoms with van der Waals surface area (Å²) in [7, 11) is -4.42. The fraction of sp³-hybridized carbons (Fsp3) is 0.250. The highest BCUT2D eigenvalue weighted by Crippen LogP contribution is 2.19. The Hall–Kier alpha value is -1.44. The lowest BCUT2D eigenvalue weighted by Gasteiger charge is -2.10. The van der Waals surface area contributed by atoms with E-state index < -0.39 is 22.0 Å². The number of nitrogens with one attached hydrogen (secondary N) is 1. The maximum atomic E-state index is 11.9. The van der Waals surface area contributed by atoms with E-state index in [1.165, 1.54) is 24.3 Å². The molecule has 0 atom stereocenters. The van der Waals surface area contributed by atoms with Crippen molar-refractivity contribution in [3.63, 3.8) is 0 Å². The molecule has 0 heterocycles. The summed E-state index contributed by atoms with van der Waals surface area (Å²) in [5.41, 5.74) is 5.76. The highest BCUT2D eigenvalue weighted by molar-refractivity contribution is 7.92. The first kappa shape index (κ1) is 12.6. The molecule has 8 heteroatoms. The molecule has 1 aromatic carbocycles. The number of benzene rings is 1. The minimum atomic E-state index is -4.76. The molecule has 1 aromatic rings. The zero-order chi connectivity index (χ0) is 12.4. The molecule has 0 bridgehead atoms. The number of rotatable bonds is 3. The molecule has 3 N–H and O–H groups in total. The number of sulfonamides is 1. The number of hydrogen-bond donors (Lipinski definition) is 2. The van der Waals surface area contributed by atoms with Crippen molar-refractivity contribution in [3.05, 3.63) is 24.3 Å². The van der Waals surface area contributed by atoms with E-state index in [0.29, 0.717) is 5.69 Å². The van der Waals surface area contributed by atoms with Crippen molar-refractivity contribution in [2.75, 3.05) is 16.2 Å². The Morgan fingerprint density at radius 2 is 1.69 bits per heavy atom. The van der Waals surface area contributed by atoms with E-state index in [9.17, 15) is 21.6 Å². The van der Waals surface area contributed by atoms with Gasteiger partial charge < -0.3 is 5.73 Å². The molecule has 0 saturated carbocycles. The average molecular weight is 254 g/mol. The second kappa shape index (κ2) is 4.20. The van der Waals surface area contributed by atoms with Gasteiger partial charge in [-0.1, -0.05) is 0 Å². The van der Waals surface area contributed by atoms with Crippen LogP contribution in [0.25, 0.3) is 0 Å². The summed E-state index contributed by atoms with van der Waals surface area (Å²) in [6.07, 6.45) is -4.76. The Bertz CT molecular complexity index is 453. The average Bonchev–Trinajstić information content (AvgIpc) is 2.04. The summed E-state index contributed by atoms with van der Waals surface area (Å²) >= 11 is 0. The van der Waals surface area contributed by atoms with Crippen LogP contribution in [0.15, 0.2) is 24.3 Å². The van der Waals surface area contributed by atoms with Crippen LogP contribution in [0.2, 0.25) is 0 Å². The summed E-state index contributed by atoms with van der Waals surface area (Å²) in [6, 6.07) is 5.32. The van der Waals surface area contributed by atoms with Gasteiger partial charge in [0.25, 0.3) is 0 Å². The van der Waals surface area contributed by atoms with Gasteiger partial charge in [-0.25, -0.2) is 8.42 Å². The van der Waals surface area contributed by atoms with Gasteiger partial charge in [-0.15, -0.1) is 0 Å². The molecule has 0 unspecified atom stereocenters. The monoisotopic (exact) mass is 254 g/mol. The lowest BCUT2D eigenvalue weighted by atomic mass is 10.3. The molecular weight excluding hydrogens is 245 g/mol. The van der Waals surface area contributed by atoms with Crippen LogP contribution in [-0.4, -0.2) is 20.3 Å². The van der Waals surface area contributed by atoms with Crippen LogP contribution in [0.4, 0.5) is 24.5 Å². The molecule has 90 valence electrons. The molecule has 0 amide bonds. The van der Waals surface area contributed by atoms with Crippen molar-refractivity contribution < 1.29 is 21.6 Å². The van der Waals surface area contributed by atoms with Crippen LogP contribution in [0.5, 0.6) is 0 Å². The number of halogens is 3. The SMILES string of the molecule is Nc1ccc(NS(=O)(=O)CC(F)(F)F)cc1. The lowest BCUT2D eigenvalue weighted by molar-refractivity contribution is -0.106. The maximum Gasteiger partial charge on any atom is 0.404 e. The van der Waals surface area contributed by atoms with Crippen molar-refractivity contribution in [2.24, 2.45) is 0 Å². The fourth-order valence-electron chi connectivity index (χ4n) is 0.982. The standard InChI is InChI=1S/C8H9F3N2O2S/c9-8(10,11)5-16(14,15)13-7-3-1-6(12)2-4-7/h1-4,13H,5,12H2. The number of hydrogen-bond acceptors (Lipinski definition) is 3. The van der Waals surface area contributed by atoms with Crippen LogP contribution < -0.4 is 10.5 Å². The summed E-state index contributed by atoms with van der Waals surface area (Å²) < 4.78 is 59.5. The van der Waals surface area contributed by atoms with Crippen LogP contribution >= 0.6 is 0 Å². The quantitative estimate of drug-likeness (QED) is 0.804. The van der Waals surface area contributed by atoms with Crippen molar-refractivity contribution in [1.29, 1.82) is 0 Å². The number of nitrogen functional groups attached to an aromatic ring is 1. The normalized spacial score (nSPS) is 12.4. The molecular formula is C8H9F3N2O2S. The molecule has 4 nitrogen and oxygen atoms in total. The van der Waals surface area contributed by atoms with Crippen molar-refractivity contribution in [3.8, 4) is 0 Å². The molecule has 0 radical (unpaired) electrons. The van der Waals surface area contributed by atoms with E-state index in [4.69, 9.17) is 5.73 Å². The van der Waals surface area contributed by atoms with Gasteiger partial charge in [-0.3, -0.25) is 4.72 Å². The number of nitrogens with two attached hydrogens (primary N) is 1. The smallest absolute Gasteiger partial charge is 0.399 e. The largest absolute Gasteiger partial charge is 0.404 e. The summed E-state index contributed by atoms with van der Waals surface area (Å²) in [6.45, 7) is 0. The molecule has 16 heavy (non-hydrogen) atoms. The third-order valence-corrected chi connectivity index (χ3v) is 2.79. The molecule has 0 saturated heterocycles. The predicted octanol–water partition coefficient (Wildman–Crippen LogP) is 1.57. The summed E-state index contributed by atoms with van der Waals surface area (Å²) in [5, 5.41) is 0. The van der Waals surface area contributed by atoms with E-state index in [-0.39, 0.29) is 5.69 Å². The van der Waals surface area contributed by atoms with Crippen molar-refractivity contribution in [1.82, 2.24) is 0 Å². The topological polar surface area (TPSA) is 72.2 Å². The zero-order valence-electron chi connectivity index (χ0n) is 7.95. The molecule has 1 rings (SSSR count). The molecule has 0 aliphatic carbocycles. The van der Waals surface area contributed by atoms with Crippen molar-refractivity contribution >= 4 is 21.4 Å². The minimum Gasteiger partial charge on any atom is -0.399 e. The van der Waals surface area contributed by atoms with Gasteiger partial charge in [0.2, 0.25) is 10.0 Å². The van der Waals surface area contributed by atoms with Gasteiger partial charge in [-0.2, -0.15) is 13.2 Å². The van der Waals surface area contributed by atoms with Crippen LogP contribution in [0.3, 0.4) is 0 Å². The van der Waals surface area contributed by atoms with Crippen LogP contribution in [0.1, 0.15) is 0 Å². The molecule has 0 aromatic heterocycles. The highest BCUT2D eigenvalue weighted by Gasteiger charge is 2.35. The molecule has 0 aliphatic rings. The van der Waals surface area contributed by atoms with Gasteiger partial charge in [0.15, 0.2) is 5.75 Å². The first-order valence-electron chi connectivity index (χ1n) is 4.11. The molecule has 0 fully saturated rings. The Kier molecular flexibility index (Phi) is 3.32. The number of anilines is 2. The second-order valence-corrected chi connectivity index (χ2v) is 4.82. The van der Waals surface area contributed by atoms with Gasteiger partial charge in [0.05, 0.1) is 0 Å². The first-order valence-corrected chi connectivity index (χ1v) is 5.76. The first-order chi connectivity index (χ1) is 7.18. The van der Waals surface area contributed by atoms with Crippen molar-refractivity contribution in [2.45, 2.75) is 6.18 Å². The maximum absolute atomic E-state index is 11.9. The predicted molar refractivity (Wildman–Crippen MR) is 54.3 cm³/mol. The van der Waals surface area contributed by atoms with Crippen LogP contribution in [-0.2, 0) is 10.0 Å². The number of alkyl halides is 3. The minimum absolute atomic E-state index is 0.0402. The third kappa shape index (κ3) is 4.39.